The lowest BCUT2D eigenvalue weighted by molar-refractivity contribution is -0.128. The van der Waals surface area contributed by atoms with E-state index in [1.807, 2.05) is 19.6 Å². The number of oxime groups is 1. The van der Waals surface area contributed by atoms with Crippen molar-refractivity contribution in [3.63, 3.8) is 0 Å². The SMILES string of the molecule is CCCCCC/C(=N\OC)C(=O)O[Si](C)(C)C. The maximum Gasteiger partial charge on any atom is 0.342 e. The molecule has 0 amide bonds. The quantitative estimate of drug-likeness (QED) is 0.291. The summed E-state index contributed by atoms with van der Waals surface area (Å²) >= 11 is 0. The predicted octanol–water partition coefficient (Wildman–Crippen LogP) is 3.34. The molecule has 0 atom stereocenters. The fourth-order valence-corrected chi connectivity index (χ4v) is 2.03. The second-order valence-corrected chi connectivity index (χ2v) is 9.46. The van der Waals surface area contributed by atoms with Crippen LogP contribution in [0.5, 0.6) is 0 Å². The van der Waals surface area contributed by atoms with E-state index >= 15 is 0 Å². The fourth-order valence-electron chi connectivity index (χ4n) is 1.35. The smallest absolute Gasteiger partial charge is 0.342 e. The largest absolute Gasteiger partial charge is 0.515 e. The minimum Gasteiger partial charge on any atom is -0.515 e. The summed E-state index contributed by atoms with van der Waals surface area (Å²) in [5, 5.41) is 3.77. The van der Waals surface area contributed by atoms with Crippen LogP contribution in [0.1, 0.15) is 39.0 Å². The summed E-state index contributed by atoms with van der Waals surface area (Å²) in [6, 6.07) is 0. The lowest BCUT2D eigenvalue weighted by atomic mass is 10.1. The van der Waals surface area contributed by atoms with E-state index < -0.39 is 8.32 Å². The van der Waals surface area contributed by atoms with E-state index in [0.29, 0.717) is 12.1 Å². The number of carbonyl (C=O) groups is 1. The van der Waals surface area contributed by atoms with Crippen LogP contribution >= 0.6 is 0 Å². The zero-order chi connectivity index (χ0) is 13.3. The van der Waals surface area contributed by atoms with Crippen molar-refractivity contribution in [3.05, 3.63) is 0 Å². The third-order valence-electron chi connectivity index (χ3n) is 2.10. The lowest BCUT2D eigenvalue weighted by Gasteiger charge is -2.17. The van der Waals surface area contributed by atoms with Crippen molar-refractivity contribution in [1.82, 2.24) is 0 Å². The molecule has 0 rings (SSSR count). The van der Waals surface area contributed by atoms with Crippen molar-refractivity contribution < 1.29 is 14.1 Å². The molecule has 0 aliphatic carbocycles. The van der Waals surface area contributed by atoms with E-state index in [9.17, 15) is 4.79 Å². The Bertz CT molecular complexity index is 259. The van der Waals surface area contributed by atoms with Crippen LogP contribution in [0.2, 0.25) is 19.6 Å². The molecule has 0 aromatic rings. The van der Waals surface area contributed by atoms with Gasteiger partial charge in [-0.1, -0.05) is 31.3 Å². The summed E-state index contributed by atoms with van der Waals surface area (Å²) in [4.78, 5) is 16.5. The van der Waals surface area contributed by atoms with Crippen molar-refractivity contribution in [3.8, 4) is 0 Å². The molecule has 0 aliphatic heterocycles. The van der Waals surface area contributed by atoms with Gasteiger partial charge in [-0.3, -0.25) is 0 Å². The number of hydrogen-bond donors (Lipinski definition) is 0. The van der Waals surface area contributed by atoms with Crippen LogP contribution in [0, 0.1) is 0 Å². The molecule has 0 saturated heterocycles. The Kier molecular flexibility index (Phi) is 7.87. The third-order valence-corrected chi connectivity index (χ3v) is 2.90. The molecule has 0 aliphatic rings. The highest BCUT2D eigenvalue weighted by atomic mass is 28.4. The molecule has 4 nitrogen and oxygen atoms in total. The van der Waals surface area contributed by atoms with Crippen LogP contribution in [-0.4, -0.2) is 27.1 Å². The molecular formula is C12H25NO3Si. The highest BCUT2D eigenvalue weighted by Crippen LogP contribution is 2.09. The summed E-state index contributed by atoms with van der Waals surface area (Å²) in [6.07, 6.45) is 5.06. The predicted molar refractivity (Wildman–Crippen MR) is 72.6 cm³/mol. The molecular weight excluding hydrogens is 234 g/mol. The lowest BCUT2D eigenvalue weighted by Crippen LogP contribution is -2.33. The Labute approximate surface area is 105 Å². The number of hydrogen-bond acceptors (Lipinski definition) is 4. The molecule has 0 fully saturated rings. The molecule has 0 aromatic heterocycles. The molecule has 0 saturated carbocycles. The molecule has 17 heavy (non-hydrogen) atoms. The first-order valence-corrected chi connectivity index (χ1v) is 9.65. The van der Waals surface area contributed by atoms with Gasteiger partial charge in [0.15, 0.2) is 5.71 Å². The summed E-state index contributed by atoms with van der Waals surface area (Å²) < 4.78 is 5.40. The minimum absolute atomic E-state index is 0.317. The van der Waals surface area contributed by atoms with Crippen molar-refractivity contribution >= 4 is 20.0 Å². The summed E-state index contributed by atoms with van der Waals surface area (Å²) in [5.74, 6) is -0.317. The molecule has 0 radical (unpaired) electrons. The Balaban J connectivity index is 4.23. The summed E-state index contributed by atoms with van der Waals surface area (Å²) in [6.45, 7) is 8.09. The minimum atomic E-state index is -1.85. The maximum atomic E-state index is 11.8. The van der Waals surface area contributed by atoms with Gasteiger partial charge < -0.3 is 9.26 Å². The first-order valence-electron chi connectivity index (χ1n) is 6.24. The van der Waals surface area contributed by atoms with Crippen LogP contribution in [0.15, 0.2) is 5.16 Å². The average molecular weight is 259 g/mol. The Morgan fingerprint density at radius 2 is 1.82 bits per heavy atom. The van der Waals surface area contributed by atoms with Crippen LogP contribution in [0.25, 0.3) is 0 Å². The second kappa shape index (κ2) is 8.28. The van der Waals surface area contributed by atoms with Gasteiger partial charge in [-0.05, 0) is 26.1 Å². The van der Waals surface area contributed by atoms with Crippen molar-refractivity contribution in [1.29, 1.82) is 0 Å². The zero-order valence-electron chi connectivity index (χ0n) is 11.7. The summed E-state index contributed by atoms with van der Waals surface area (Å²) in [7, 11) is -0.400. The normalized spacial score (nSPS) is 12.4. The second-order valence-electron chi connectivity index (χ2n) is 5.03. The molecule has 0 bridgehead atoms. The first kappa shape index (κ1) is 16.2. The van der Waals surface area contributed by atoms with E-state index in [0.717, 1.165) is 12.8 Å². The van der Waals surface area contributed by atoms with Gasteiger partial charge in [0.1, 0.15) is 7.11 Å². The van der Waals surface area contributed by atoms with Gasteiger partial charge in [-0.15, -0.1) is 0 Å². The van der Waals surface area contributed by atoms with Crippen LogP contribution < -0.4 is 0 Å². The van der Waals surface area contributed by atoms with Gasteiger partial charge in [-0.2, -0.15) is 0 Å². The highest BCUT2D eigenvalue weighted by Gasteiger charge is 2.23. The monoisotopic (exact) mass is 259 g/mol. The van der Waals surface area contributed by atoms with Crippen molar-refractivity contribution in [2.75, 3.05) is 7.11 Å². The molecule has 0 N–H and O–H groups in total. The Morgan fingerprint density at radius 1 is 1.18 bits per heavy atom. The molecule has 0 spiro atoms. The van der Waals surface area contributed by atoms with E-state index in [4.69, 9.17) is 9.26 Å². The zero-order valence-corrected chi connectivity index (χ0v) is 12.7. The highest BCUT2D eigenvalue weighted by molar-refractivity contribution is 6.72. The molecule has 100 valence electrons. The van der Waals surface area contributed by atoms with Crippen LogP contribution in [0.4, 0.5) is 0 Å². The molecule has 0 unspecified atom stereocenters. The maximum absolute atomic E-state index is 11.8. The van der Waals surface area contributed by atoms with E-state index in [1.54, 1.807) is 0 Å². The van der Waals surface area contributed by atoms with Gasteiger partial charge in [0.25, 0.3) is 0 Å². The van der Waals surface area contributed by atoms with Crippen molar-refractivity contribution in [2.45, 2.75) is 58.7 Å². The van der Waals surface area contributed by atoms with Gasteiger partial charge in [0, 0.05) is 6.42 Å². The molecule has 0 heterocycles. The van der Waals surface area contributed by atoms with Gasteiger partial charge in [0.2, 0.25) is 8.32 Å². The van der Waals surface area contributed by atoms with Crippen LogP contribution in [0.3, 0.4) is 0 Å². The Morgan fingerprint density at radius 3 is 2.29 bits per heavy atom. The fraction of sp³-hybridized carbons (Fsp3) is 0.833. The van der Waals surface area contributed by atoms with Gasteiger partial charge >= 0.3 is 5.97 Å². The number of unbranched alkanes of at least 4 members (excludes halogenated alkanes) is 3. The van der Waals surface area contributed by atoms with Gasteiger partial charge in [0.05, 0.1) is 0 Å². The summed E-state index contributed by atoms with van der Waals surface area (Å²) in [5.41, 5.74) is 0.408. The standard InChI is InChI=1S/C12H25NO3Si/c1-6-7-8-9-10-11(13-15-2)12(14)16-17(3,4)5/h6-10H2,1-5H3/b13-11+. The van der Waals surface area contributed by atoms with Crippen molar-refractivity contribution in [2.24, 2.45) is 5.16 Å². The molecule has 5 heteroatoms. The van der Waals surface area contributed by atoms with Gasteiger partial charge in [-0.25, -0.2) is 4.79 Å². The van der Waals surface area contributed by atoms with Crippen LogP contribution in [-0.2, 0) is 14.1 Å². The number of nitrogens with zero attached hydrogens (tertiary/aromatic N) is 1. The van der Waals surface area contributed by atoms with E-state index in [1.165, 1.54) is 20.0 Å². The Hall–Kier alpha value is -0.843. The molecule has 0 aromatic carbocycles. The third kappa shape index (κ3) is 8.91. The first-order chi connectivity index (χ1) is 7.90. The number of carbonyl (C=O) groups excluding carboxylic acids is 1. The van der Waals surface area contributed by atoms with E-state index in [2.05, 4.69) is 12.1 Å². The topological polar surface area (TPSA) is 47.9 Å². The van der Waals surface area contributed by atoms with E-state index in [-0.39, 0.29) is 5.97 Å². The average Bonchev–Trinajstić information content (AvgIpc) is 2.20. The number of rotatable bonds is 8.